The fraction of sp³-hybridized carbons (Fsp3) is 0.240. The molecule has 0 bridgehead atoms. The SMILES string of the molecule is CCOC(=O)C1=C(C)N=C2SC=CN2[C@H]1c1ccccc1OCC(=O)Nc1cccc(C)c1. The maximum Gasteiger partial charge on any atom is 0.338 e. The van der Waals surface area contributed by atoms with E-state index in [0.717, 1.165) is 16.3 Å². The van der Waals surface area contributed by atoms with Crippen molar-refractivity contribution < 1.29 is 19.1 Å². The van der Waals surface area contributed by atoms with Gasteiger partial charge in [-0.3, -0.25) is 4.79 Å². The molecule has 1 N–H and O–H groups in total. The summed E-state index contributed by atoms with van der Waals surface area (Å²) in [5.41, 5.74) is 3.58. The zero-order valence-electron chi connectivity index (χ0n) is 18.7. The average Bonchev–Trinajstić information content (AvgIpc) is 3.25. The number of benzene rings is 2. The van der Waals surface area contributed by atoms with Crippen LogP contribution < -0.4 is 10.1 Å². The lowest BCUT2D eigenvalue weighted by Gasteiger charge is -2.34. The van der Waals surface area contributed by atoms with E-state index in [9.17, 15) is 9.59 Å². The summed E-state index contributed by atoms with van der Waals surface area (Å²) in [7, 11) is 0. The minimum atomic E-state index is -0.473. The molecule has 8 heteroatoms. The number of aryl methyl sites for hydroxylation is 1. The van der Waals surface area contributed by atoms with Crippen molar-refractivity contribution in [3.63, 3.8) is 0 Å². The number of anilines is 1. The Hall–Kier alpha value is -3.52. The summed E-state index contributed by atoms with van der Waals surface area (Å²) in [4.78, 5) is 31.9. The zero-order valence-corrected chi connectivity index (χ0v) is 19.5. The Morgan fingerprint density at radius 1 is 1.15 bits per heavy atom. The summed E-state index contributed by atoms with van der Waals surface area (Å²) in [6.45, 7) is 5.64. The third-order valence-corrected chi connectivity index (χ3v) is 5.96. The van der Waals surface area contributed by atoms with E-state index in [0.29, 0.717) is 22.7 Å². The number of fused-ring (bicyclic) bond motifs is 1. The number of thioether (sulfide) groups is 1. The van der Waals surface area contributed by atoms with Crippen LogP contribution in [0.5, 0.6) is 5.75 Å². The van der Waals surface area contributed by atoms with Gasteiger partial charge in [-0.2, -0.15) is 0 Å². The number of ether oxygens (including phenoxy) is 2. The molecule has 1 amide bonds. The van der Waals surface area contributed by atoms with Crippen molar-refractivity contribution in [1.29, 1.82) is 0 Å². The quantitative estimate of drug-likeness (QED) is 0.595. The number of amidine groups is 1. The van der Waals surface area contributed by atoms with Crippen LogP contribution in [0.25, 0.3) is 0 Å². The normalized spacial score (nSPS) is 16.9. The van der Waals surface area contributed by atoms with Crippen LogP contribution in [0.2, 0.25) is 0 Å². The van der Waals surface area contributed by atoms with Gasteiger partial charge in [-0.15, -0.1) is 0 Å². The van der Waals surface area contributed by atoms with Crippen LogP contribution >= 0.6 is 11.8 Å². The number of hydrogen-bond acceptors (Lipinski definition) is 7. The maximum absolute atomic E-state index is 12.9. The summed E-state index contributed by atoms with van der Waals surface area (Å²) in [6.07, 6.45) is 1.89. The number of nitrogens with one attached hydrogen (secondary N) is 1. The number of amides is 1. The van der Waals surface area contributed by atoms with Crippen LogP contribution in [0.3, 0.4) is 0 Å². The summed E-state index contributed by atoms with van der Waals surface area (Å²) in [5, 5.41) is 5.55. The van der Waals surface area contributed by atoms with Gasteiger partial charge in [0.25, 0.3) is 5.91 Å². The molecule has 2 aromatic rings. The van der Waals surface area contributed by atoms with Crippen molar-refractivity contribution in [3.8, 4) is 5.75 Å². The number of esters is 1. The Bertz CT molecular complexity index is 1170. The first-order valence-corrected chi connectivity index (χ1v) is 11.5. The third kappa shape index (κ3) is 4.96. The monoisotopic (exact) mass is 463 g/mol. The number of hydrogen-bond donors (Lipinski definition) is 1. The van der Waals surface area contributed by atoms with Gasteiger partial charge in [0.2, 0.25) is 0 Å². The Balaban J connectivity index is 1.60. The lowest BCUT2D eigenvalue weighted by atomic mass is 9.94. The summed E-state index contributed by atoms with van der Waals surface area (Å²) >= 11 is 1.49. The Labute approximate surface area is 197 Å². The Kier molecular flexibility index (Phi) is 6.84. The highest BCUT2D eigenvalue weighted by Crippen LogP contribution is 2.43. The van der Waals surface area contributed by atoms with Crippen LogP contribution in [-0.2, 0) is 14.3 Å². The topological polar surface area (TPSA) is 80.2 Å². The molecular formula is C25H25N3O4S. The van der Waals surface area contributed by atoms with Crippen LogP contribution in [0.1, 0.15) is 31.0 Å². The van der Waals surface area contributed by atoms with E-state index in [1.807, 2.05) is 65.9 Å². The van der Waals surface area contributed by atoms with Gasteiger partial charge in [0.05, 0.1) is 23.9 Å². The third-order valence-electron chi connectivity index (χ3n) is 5.19. The molecule has 4 rings (SSSR count). The van der Waals surface area contributed by atoms with E-state index in [-0.39, 0.29) is 19.1 Å². The van der Waals surface area contributed by atoms with E-state index in [1.54, 1.807) is 19.9 Å². The summed E-state index contributed by atoms with van der Waals surface area (Å²) in [6, 6.07) is 14.5. The van der Waals surface area contributed by atoms with E-state index in [4.69, 9.17) is 9.47 Å². The van der Waals surface area contributed by atoms with Crippen molar-refractivity contribution in [3.05, 3.63) is 82.5 Å². The standard InChI is InChI=1S/C25H25N3O4S/c1-4-31-24(30)22-17(3)26-25-28(12-13-33-25)23(22)19-10-5-6-11-20(19)32-15-21(29)27-18-9-7-8-16(2)14-18/h5-14,23H,4,15H2,1-3H3,(H,27,29)/t23-/m0/s1. The van der Waals surface area contributed by atoms with Crippen LogP contribution in [0, 0.1) is 6.92 Å². The molecule has 0 aromatic heterocycles. The molecule has 0 radical (unpaired) electrons. The molecule has 1 atom stereocenters. The predicted octanol–water partition coefficient (Wildman–Crippen LogP) is 4.78. The molecule has 170 valence electrons. The second-order valence-corrected chi connectivity index (χ2v) is 8.44. The molecule has 2 aliphatic rings. The largest absolute Gasteiger partial charge is 0.483 e. The van der Waals surface area contributed by atoms with Gasteiger partial charge in [-0.05, 0) is 49.9 Å². The number of rotatable bonds is 7. The zero-order chi connectivity index (χ0) is 23.4. The molecule has 0 saturated heterocycles. The minimum absolute atomic E-state index is 0.166. The van der Waals surface area contributed by atoms with Crippen LogP contribution in [0.4, 0.5) is 5.69 Å². The van der Waals surface area contributed by atoms with Gasteiger partial charge in [0.15, 0.2) is 11.8 Å². The number of aliphatic imine (C=N–C) groups is 1. The highest BCUT2D eigenvalue weighted by Gasteiger charge is 2.38. The van der Waals surface area contributed by atoms with Crippen LogP contribution in [-0.4, -0.2) is 35.2 Å². The van der Waals surface area contributed by atoms with E-state index in [1.165, 1.54) is 11.8 Å². The molecule has 33 heavy (non-hydrogen) atoms. The van der Waals surface area contributed by atoms with Gasteiger partial charge in [0, 0.05) is 17.5 Å². The van der Waals surface area contributed by atoms with Gasteiger partial charge >= 0.3 is 5.97 Å². The Morgan fingerprint density at radius 2 is 1.97 bits per heavy atom. The molecule has 0 aliphatic carbocycles. The number of nitrogens with zero attached hydrogens (tertiary/aromatic N) is 2. The van der Waals surface area contributed by atoms with Gasteiger partial charge in [-0.1, -0.05) is 42.1 Å². The number of allylic oxidation sites excluding steroid dienone is 1. The first-order chi connectivity index (χ1) is 16.0. The minimum Gasteiger partial charge on any atom is -0.483 e. The lowest BCUT2D eigenvalue weighted by Crippen LogP contribution is -2.34. The van der Waals surface area contributed by atoms with Crippen molar-refractivity contribution in [2.24, 2.45) is 4.99 Å². The molecule has 2 heterocycles. The first kappa shape index (κ1) is 22.7. The molecule has 7 nitrogen and oxygen atoms in total. The van der Waals surface area contributed by atoms with Gasteiger partial charge in [0.1, 0.15) is 5.75 Å². The molecule has 0 fully saturated rings. The molecule has 2 aromatic carbocycles. The molecule has 2 aliphatic heterocycles. The summed E-state index contributed by atoms with van der Waals surface area (Å²) < 4.78 is 11.3. The molecule has 0 saturated carbocycles. The van der Waals surface area contributed by atoms with E-state index in [2.05, 4.69) is 10.3 Å². The highest BCUT2D eigenvalue weighted by atomic mass is 32.2. The maximum atomic E-state index is 12.9. The van der Waals surface area contributed by atoms with Gasteiger partial charge < -0.3 is 19.7 Å². The number of para-hydroxylation sites is 1. The molecule has 0 unspecified atom stereocenters. The molecule has 0 spiro atoms. The van der Waals surface area contributed by atoms with E-state index < -0.39 is 12.0 Å². The van der Waals surface area contributed by atoms with Gasteiger partial charge in [-0.25, -0.2) is 9.79 Å². The first-order valence-electron chi connectivity index (χ1n) is 10.6. The Morgan fingerprint density at radius 3 is 2.76 bits per heavy atom. The predicted molar refractivity (Wildman–Crippen MR) is 130 cm³/mol. The fourth-order valence-corrected chi connectivity index (χ4v) is 4.57. The average molecular weight is 464 g/mol. The number of carbonyl (C=O) groups is 2. The summed E-state index contributed by atoms with van der Waals surface area (Å²) in [5.74, 6) is -0.168. The van der Waals surface area contributed by atoms with Crippen molar-refractivity contribution >= 4 is 34.5 Å². The lowest BCUT2D eigenvalue weighted by molar-refractivity contribution is -0.139. The fourth-order valence-electron chi connectivity index (χ4n) is 3.78. The van der Waals surface area contributed by atoms with Crippen molar-refractivity contribution in [1.82, 2.24) is 4.90 Å². The molecular weight excluding hydrogens is 438 g/mol. The second-order valence-electron chi connectivity index (χ2n) is 7.57. The van der Waals surface area contributed by atoms with Crippen molar-refractivity contribution in [2.75, 3.05) is 18.5 Å². The smallest absolute Gasteiger partial charge is 0.338 e. The van der Waals surface area contributed by atoms with Crippen LogP contribution in [0.15, 0.2) is 76.4 Å². The highest BCUT2D eigenvalue weighted by molar-refractivity contribution is 8.16. The van der Waals surface area contributed by atoms with E-state index >= 15 is 0 Å². The second kappa shape index (κ2) is 9.95. The number of carbonyl (C=O) groups excluding carboxylic acids is 2. The van der Waals surface area contributed by atoms with Crippen molar-refractivity contribution in [2.45, 2.75) is 26.8 Å².